The highest BCUT2D eigenvalue weighted by molar-refractivity contribution is 5.95. The maximum Gasteiger partial charge on any atom is 0.293 e. The number of carbonyl (C=O) groups excluding carboxylic acids is 1. The van der Waals surface area contributed by atoms with Gasteiger partial charge in [-0.25, -0.2) is 0 Å². The van der Waals surface area contributed by atoms with E-state index in [0.29, 0.717) is 45.1 Å². The smallest absolute Gasteiger partial charge is 0.293 e. The van der Waals surface area contributed by atoms with E-state index >= 15 is 0 Å². The fraction of sp³-hybridized carbons (Fsp3) is 0.350. The second-order valence-corrected chi connectivity index (χ2v) is 6.45. The summed E-state index contributed by atoms with van der Waals surface area (Å²) in [4.78, 5) is 27.2. The van der Waals surface area contributed by atoms with Crippen LogP contribution in [0, 0.1) is 10.1 Å². The summed E-state index contributed by atoms with van der Waals surface area (Å²) < 4.78 is 10.9. The van der Waals surface area contributed by atoms with Gasteiger partial charge in [0.15, 0.2) is 0 Å². The minimum absolute atomic E-state index is 0.0679. The van der Waals surface area contributed by atoms with Crippen LogP contribution in [0.3, 0.4) is 0 Å². The van der Waals surface area contributed by atoms with Crippen LogP contribution < -0.4 is 9.64 Å². The molecule has 0 bridgehead atoms. The molecular weight excluding hydrogens is 362 g/mol. The van der Waals surface area contributed by atoms with Crippen molar-refractivity contribution in [1.29, 1.82) is 0 Å². The summed E-state index contributed by atoms with van der Waals surface area (Å²) in [7, 11) is 1.65. The zero-order valence-corrected chi connectivity index (χ0v) is 15.7. The van der Waals surface area contributed by atoms with E-state index in [2.05, 4.69) is 0 Å². The third-order valence-electron chi connectivity index (χ3n) is 4.56. The van der Waals surface area contributed by atoms with Crippen LogP contribution in [0.5, 0.6) is 5.75 Å². The summed E-state index contributed by atoms with van der Waals surface area (Å²) in [6.45, 7) is 2.94. The number of ether oxygens (including phenoxy) is 2. The first-order valence-electron chi connectivity index (χ1n) is 9.10. The summed E-state index contributed by atoms with van der Waals surface area (Å²) in [5, 5.41) is 11.5. The van der Waals surface area contributed by atoms with Gasteiger partial charge in [-0.3, -0.25) is 14.9 Å². The molecule has 1 fully saturated rings. The van der Waals surface area contributed by atoms with E-state index in [9.17, 15) is 14.9 Å². The van der Waals surface area contributed by atoms with Crippen molar-refractivity contribution in [3.8, 4) is 5.75 Å². The highest BCUT2D eigenvalue weighted by atomic mass is 16.6. The van der Waals surface area contributed by atoms with E-state index in [4.69, 9.17) is 9.47 Å². The molecule has 1 aliphatic heterocycles. The van der Waals surface area contributed by atoms with E-state index in [1.807, 2.05) is 35.2 Å². The molecule has 8 heteroatoms. The number of likely N-dealkylation sites (N-methyl/N-ethyl adjacent to an activating group) is 1. The Morgan fingerprint density at radius 1 is 1.21 bits per heavy atom. The van der Waals surface area contributed by atoms with Crippen molar-refractivity contribution in [1.82, 2.24) is 4.90 Å². The third-order valence-corrected chi connectivity index (χ3v) is 4.56. The summed E-state index contributed by atoms with van der Waals surface area (Å²) in [6.07, 6.45) is 0. The van der Waals surface area contributed by atoms with Crippen molar-refractivity contribution in [2.24, 2.45) is 0 Å². The fourth-order valence-electron chi connectivity index (χ4n) is 3.01. The van der Waals surface area contributed by atoms with Crippen molar-refractivity contribution < 1.29 is 19.2 Å². The molecule has 0 aromatic heterocycles. The molecular formula is C20H23N3O5. The van der Waals surface area contributed by atoms with Crippen LogP contribution in [0.15, 0.2) is 48.5 Å². The summed E-state index contributed by atoms with van der Waals surface area (Å²) in [5.41, 5.74) is 0.729. The predicted molar refractivity (Wildman–Crippen MR) is 105 cm³/mol. The van der Waals surface area contributed by atoms with Crippen LogP contribution in [0.2, 0.25) is 0 Å². The Kier molecular flexibility index (Phi) is 6.44. The van der Waals surface area contributed by atoms with Gasteiger partial charge in [0, 0.05) is 31.8 Å². The Morgan fingerprint density at radius 3 is 2.61 bits per heavy atom. The van der Waals surface area contributed by atoms with Gasteiger partial charge in [0.25, 0.3) is 11.6 Å². The molecule has 0 aliphatic carbocycles. The first-order chi connectivity index (χ1) is 13.6. The molecule has 0 atom stereocenters. The lowest BCUT2D eigenvalue weighted by Gasteiger charge is -2.28. The zero-order valence-electron chi connectivity index (χ0n) is 15.7. The van der Waals surface area contributed by atoms with Crippen molar-refractivity contribution in [3.63, 3.8) is 0 Å². The average molecular weight is 385 g/mol. The van der Waals surface area contributed by atoms with Gasteiger partial charge in [-0.15, -0.1) is 0 Å². The van der Waals surface area contributed by atoms with Crippen LogP contribution >= 0.6 is 0 Å². The van der Waals surface area contributed by atoms with E-state index in [1.54, 1.807) is 19.2 Å². The molecule has 0 unspecified atom stereocenters. The maximum absolute atomic E-state index is 12.7. The highest BCUT2D eigenvalue weighted by Gasteiger charge is 2.24. The van der Waals surface area contributed by atoms with Crippen LogP contribution in [-0.2, 0) is 4.74 Å². The number of nitrogens with zero attached hydrogens (tertiary/aromatic N) is 3. The molecule has 148 valence electrons. The largest absolute Gasteiger partial charge is 0.492 e. The number of nitro groups is 1. The number of morpholine rings is 1. The van der Waals surface area contributed by atoms with Crippen LogP contribution in [0.1, 0.15) is 10.4 Å². The molecule has 2 aromatic rings. The number of nitro benzene ring substituents is 1. The van der Waals surface area contributed by atoms with Crippen LogP contribution in [0.4, 0.5) is 11.4 Å². The number of carbonyl (C=O) groups is 1. The fourth-order valence-corrected chi connectivity index (χ4v) is 3.01. The first kappa shape index (κ1) is 19.6. The Morgan fingerprint density at radius 2 is 1.93 bits per heavy atom. The molecule has 0 saturated carbocycles. The normalized spacial score (nSPS) is 13.8. The Bertz CT molecular complexity index is 822. The molecule has 8 nitrogen and oxygen atoms in total. The lowest BCUT2D eigenvalue weighted by atomic mass is 10.1. The van der Waals surface area contributed by atoms with Gasteiger partial charge in [-0.1, -0.05) is 18.2 Å². The summed E-state index contributed by atoms with van der Waals surface area (Å²) >= 11 is 0. The Hall–Kier alpha value is -3.13. The van der Waals surface area contributed by atoms with Crippen LogP contribution in [0.25, 0.3) is 0 Å². The van der Waals surface area contributed by atoms with Crippen molar-refractivity contribution >= 4 is 17.3 Å². The lowest BCUT2D eigenvalue weighted by Crippen LogP contribution is -2.36. The maximum atomic E-state index is 12.7. The van der Waals surface area contributed by atoms with Crippen molar-refractivity contribution in [2.45, 2.75) is 0 Å². The molecule has 1 saturated heterocycles. The van der Waals surface area contributed by atoms with E-state index < -0.39 is 4.92 Å². The second-order valence-electron chi connectivity index (χ2n) is 6.45. The Labute approximate surface area is 163 Å². The molecule has 0 radical (unpaired) electrons. The molecule has 3 rings (SSSR count). The predicted octanol–water partition coefficient (Wildman–Crippen LogP) is 2.58. The molecule has 1 heterocycles. The van der Waals surface area contributed by atoms with Crippen LogP contribution in [-0.4, -0.2) is 62.2 Å². The van der Waals surface area contributed by atoms with E-state index in [0.717, 1.165) is 5.75 Å². The molecule has 2 aromatic carbocycles. The van der Waals surface area contributed by atoms with Gasteiger partial charge >= 0.3 is 0 Å². The van der Waals surface area contributed by atoms with Gasteiger partial charge in [-0.05, 0) is 24.3 Å². The van der Waals surface area contributed by atoms with Gasteiger partial charge in [0.05, 0.1) is 24.7 Å². The van der Waals surface area contributed by atoms with Crippen molar-refractivity contribution in [2.75, 3.05) is 51.4 Å². The first-order valence-corrected chi connectivity index (χ1v) is 9.10. The minimum atomic E-state index is -0.444. The zero-order chi connectivity index (χ0) is 19.9. The molecule has 1 aliphatic rings. The number of rotatable bonds is 7. The van der Waals surface area contributed by atoms with E-state index in [1.165, 1.54) is 11.0 Å². The third kappa shape index (κ3) is 4.77. The summed E-state index contributed by atoms with van der Waals surface area (Å²) in [5.74, 6) is 0.446. The number of amides is 1. The standard InChI is InChI=1S/C20H23N3O5/c1-21(9-14-28-17-5-3-2-4-6-17)20(24)16-7-8-18(19(15-16)23(25)26)22-10-12-27-13-11-22/h2-8,15H,9-14H2,1H3. The number of benzene rings is 2. The average Bonchev–Trinajstić information content (AvgIpc) is 2.74. The lowest BCUT2D eigenvalue weighted by molar-refractivity contribution is -0.384. The number of hydrogen-bond donors (Lipinski definition) is 0. The molecule has 1 amide bonds. The second kappa shape index (κ2) is 9.18. The highest BCUT2D eigenvalue weighted by Crippen LogP contribution is 2.30. The number of para-hydroxylation sites is 1. The molecule has 0 spiro atoms. The minimum Gasteiger partial charge on any atom is -0.492 e. The monoisotopic (exact) mass is 385 g/mol. The van der Waals surface area contributed by atoms with Gasteiger partial charge in [-0.2, -0.15) is 0 Å². The summed E-state index contributed by atoms with van der Waals surface area (Å²) in [6, 6.07) is 14.0. The molecule has 28 heavy (non-hydrogen) atoms. The van der Waals surface area contributed by atoms with E-state index in [-0.39, 0.29) is 17.2 Å². The quantitative estimate of drug-likeness (QED) is 0.538. The molecule has 0 N–H and O–H groups in total. The SMILES string of the molecule is CN(CCOc1ccccc1)C(=O)c1ccc(N2CCOCC2)c([N+](=O)[O-])c1. The number of anilines is 1. The van der Waals surface area contributed by atoms with Gasteiger partial charge in [0.1, 0.15) is 18.0 Å². The van der Waals surface area contributed by atoms with Gasteiger partial charge in [0.2, 0.25) is 0 Å². The Balaban J connectivity index is 1.66. The van der Waals surface area contributed by atoms with Gasteiger partial charge < -0.3 is 19.3 Å². The number of hydrogen-bond acceptors (Lipinski definition) is 6. The topological polar surface area (TPSA) is 85.2 Å². The van der Waals surface area contributed by atoms with Crippen molar-refractivity contribution in [3.05, 3.63) is 64.2 Å².